The first-order valence-corrected chi connectivity index (χ1v) is 8.04. The van der Waals surface area contributed by atoms with Gasteiger partial charge in [0.1, 0.15) is 0 Å². The van der Waals surface area contributed by atoms with Crippen LogP contribution in [0, 0.1) is 5.92 Å². The zero-order chi connectivity index (χ0) is 14.7. The van der Waals surface area contributed by atoms with E-state index in [4.69, 9.17) is 4.74 Å². The lowest BCUT2D eigenvalue weighted by molar-refractivity contribution is 0.0827. The summed E-state index contributed by atoms with van der Waals surface area (Å²) in [6.07, 6.45) is 4.56. The summed E-state index contributed by atoms with van der Waals surface area (Å²) in [6, 6.07) is 5.96. The van der Waals surface area contributed by atoms with Crippen molar-refractivity contribution in [2.24, 2.45) is 5.92 Å². The average molecular weight is 288 g/mol. The summed E-state index contributed by atoms with van der Waals surface area (Å²) in [5, 5.41) is 6.44. The number of nitrogens with one attached hydrogen (secondary N) is 2. The standard InChI is InChI=1S/C17H24N2O2/c1-2-16-14(7-9-21-16)11-19-17(20)13-5-6-15-12(10-13)4-3-8-18-15/h5-6,10,14,16,18H,2-4,7-9,11H2,1H3,(H,19,20). The summed E-state index contributed by atoms with van der Waals surface area (Å²) in [6.45, 7) is 4.70. The lowest BCUT2D eigenvalue weighted by atomic mass is 9.98. The van der Waals surface area contributed by atoms with E-state index in [9.17, 15) is 4.79 Å². The molecule has 0 aromatic heterocycles. The smallest absolute Gasteiger partial charge is 0.251 e. The maximum atomic E-state index is 12.3. The molecule has 1 saturated heterocycles. The second-order valence-corrected chi connectivity index (χ2v) is 5.98. The second-order valence-electron chi connectivity index (χ2n) is 5.98. The third-order valence-electron chi connectivity index (χ3n) is 4.58. The lowest BCUT2D eigenvalue weighted by Gasteiger charge is -2.19. The fourth-order valence-electron chi connectivity index (χ4n) is 3.32. The zero-order valence-electron chi connectivity index (χ0n) is 12.7. The van der Waals surface area contributed by atoms with Crippen LogP contribution in [0.1, 0.15) is 42.1 Å². The molecule has 4 nitrogen and oxygen atoms in total. The van der Waals surface area contributed by atoms with Crippen LogP contribution in [0.5, 0.6) is 0 Å². The minimum Gasteiger partial charge on any atom is -0.385 e. The topological polar surface area (TPSA) is 50.4 Å². The summed E-state index contributed by atoms with van der Waals surface area (Å²) in [5.41, 5.74) is 3.20. The van der Waals surface area contributed by atoms with Crippen molar-refractivity contribution >= 4 is 11.6 Å². The molecule has 2 unspecified atom stereocenters. The third-order valence-corrected chi connectivity index (χ3v) is 4.58. The SMILES string of the molecule is CCC1OCCC1CNC(=O)c1ccc2c(c1)CCCN2. The summed E-state index contributed by atoms with van der Waals surface area (Å²) in [7, 11) is 0. The van der Waals surface area contributed by atoms with Gasteiger partial charge in [-0.05, 0) is 49.4 Å². The molecule has 2 aliphatic heterocycles. The first kappa shape index (κ1) is 14.4. The summed E-state index contributed by atoms with van der Waals surface area (Å²) in [5.74, 6) is 0.489. The molecule has 2 N–H and O–H groups in total. The molecule has 0 spiro atoms. The molecule has 3 rings (SSSR count). The van der Waals surface area contributed by atoms with Crippen molar-refractivity contribution in [1.82, 2.24) is 5.32 Å². The molecule has 0 saturated carbocycles. The number of fused-ring (bicyclic) bond motifs is 1. The van der Waals surface area contributed by atoms with Gasteiger partial charge < -0.3 is 15.4 Å². The molecule has 0 bridgehead atoms. The van der Waals surface area contributed by atoms with Crippen LogP contribution >= 0.6 is 0 Å². The van der Waals surface area contributed by atoms with E-state index in [1.807, 2.05) is 18.2 Å². The van der Waals surface area contributed by atoms with E-state index in [0.29, 0.717) is 18.6 Å². The Morgan fingerprint density at radius 3 is 3.24 bits per heavy atom. The van der Waals surface area contributed by atoms with Gasteiger partial charge in [-0.15, -0.1) is 0 Å². The number of anilines is 1. The van der Waals surface area contributed by atoms with E-state index in [-0.39, 0.29) is 5.91 Å². The van der Waals surface area contributed by atoms with Gasteiger partial charge in [0.25, 0.3) is 5.91 Å². The lowest BCUT2D eigenvalue weighted by Crippen LogP contribution is -2.32. The van der Waals surface area contributed by atoms with Gasteiger partial charge in [0.05, 0.1) is 6.10 Å². The van der Waals surface area contributed by atoms with Gasteiger partial charge in [-0.1, -0.05) is 6.92 Å². The molecule has 0 aliphatic carbocycles. The quantitative estimate of drug-likeness (QED) is 0.895. The van der Waals surface area contributed by atoms with E-state index < -0.39 is 0 Å². The van der Waals surface area contributed by atoms with Crippen LogP contribution in [-0.2, 0) is 11.2 Å². The Morgan fingerprint density at radius 2 is 2.38 bits per heavy atom. The normalized spacial score (nSPS) is 24.2. The molecular formula is C17H24N2O2. The number of carbonyl (C=O) groups excluding carboxylic acids is 1. The number of amides is 1. The van der Waals surface area contributed by atoms with E-state index in [0.717, 1.165) is 44.4 Å². The third kappa shape index (κ3) is 3.21. The Labute approximate surface area is 126 Å². The van der Waals surface area contributed by atoms with Crippen molar-refractivity contribution in [2.45, 2.75) is 38.7 Å². The number of hydrogen-bond acceptors (Lipinski definition) is 3. The number of benzene rings is 1. The number of carbonyl (C=O) groups is 1. The molecule has 1 fully saturated rings. The Bertz CT molecular complexity index is 516. The van der Waals surface area contributed by atoms with Crippen molar-refractivity contribution in [3.63, 3.8) is 0 Å². The van der Waals surface area contributed by atoms with E-state index in [1.165, 1.54) is 11.3 Å². The molecule has 4 heteroatoms. The maximum absolute atomic E-state index is 12.3. The average Bonchev–Trinajstić information content (AvgIpc) is 2.99. The first-order valence-electron chi connectivity index (χ1n) is 8.04. The molecular weight excluding hydrogens is 264 g/mol. The van der Waals surface area contributed by atoms with Crippen molar-refractivity contribution in [3.05, 3.63) is 29.3 Å². The fraction of sp³-hybridized carbons (Fsp3) is 0.588. The van der Waals surface area contributed by atoms with Gasteiger partial charge in [0.15, 0.2) is 0 Å². The molecule has 21 heavy (non-hydrogen) atoms. The number of hydrogen-bond donors (Lipinski definition) is 2. The van der Waals surface area contributed by atoms with Crippen LogP contribution in [-0.4, -0.2) is 31.7 Å². The Balaban J connectivity index is 1.60. The van der Waals surface area contributed by atoms with Crippen LogP contribution < -0.4 is 10.6 Å². The van der Waals surface area contributed by atoms with E-state index >= 15 is 0 Å². The first-order chi connectivity index (χ1) is 10.3. The van der Waals surface area contributed by atoms with Crippen molar-refractivity contribution in [2.75, 3.05) is 25.0 Å². The van der Waals surface area contributed by atoms with Gasteiger partial charge in [-0.2, -0.15) is 0 Å². The van der Waals surface area contributed by atoms with Gasteiger partial charge in [0.2, 0.25) is 0 Å². The van der Waals surface area contributed by atoms with Gasteiger partial charge in [-0.3, -0.25) is 4.79 Å². The molecule has 114 valence electrons. The molecule has 0 radical (unpaired) electrons. The van der Waals surface area contributed by atoms with Crippen LogP contribution in [0.4, 0.5) is 5.69 Å². The van der Waals surface area contributed by atoms with Gasteiger partial charge in [0, 0.05) is 36.9 Å². The minimum absolute atomic E-state index is 0.0325. The number of ether oxygens (including phenoxy) is 1. The highest BCUT2D eigenvalue weighted by molar-refractivity contribution is 5.95. The largest absolute Gasteiger partial charge is 0.385 e. The molecule has 1 amide bonds. The molecule has 2 heterocycles. The van der Waals surface area contributed by atoms with Crippen molar-refractivity contribution in [3.8, 4) is 0 Å². The molecule has 1 aromatic rings. The predicted octanol–water partition coefficient (Wildman–Crippen LogP) is 2.59. The van der Waals surface area contributed by atoms with Crippen molar-refractivity contribution < 1.29 is 9.53 Å². The van der Waals surface area contributed by atoms with Crippen LogP contribution in [0.25, 0.3) is 0 Å². The van der Waals surface area contributed by atoms with Gasteiger partial charge in [-0.25, -0.2) is 0 Å². The second kappa shape index (κ2) is 6.48. The Kier molecular flexibility index (Phi) is 4.44. The Hall–Kier alpha value is -1.55. The number of rotatable bonds is 4. The summed E-state index contributed by atoms with van der Waals surface area (Å²) < 4.78 is 5.67. The van der Waals surface area contributed by atoms with Crippen LogP contribution in [0.2, 0.25) is 0 Å². The summed E-state index contributed by atoms with van der Waals surface area (Å²) in [4.78, 5) is 12.3. The van der Waals surface area contributed by atoms with Crippen LogP contribution in [0.15, 0.2) is 18.2 Å². The molecule has 2 aliphatic rings. The van der Waals surface area contributed by atoms with E-state index in [2.05, 4.69) is 17.6 Å². The highest BCUT2D eigenvalue weighted by Gasteiger charge is 2.27. The highest BCUT2D eigenvalue weighted by atomic mass is 16.5. The van der Waals surface area contributed by atoms with Crippen LogP contribution in [0.3, 0.4) is 0 Å². The van der Waals surface area contributed by atoms with Crippen molar-refractivity contribution in [1.29, 1.82) is 0 Å². The van der Waals surface area contributed by atoms with E-state index in [1.54, 1.807) is 0 Å². The monoisotopic (exact) mass is 288 g/mol. The predicted molar refractivity (Wildman–Crippen MR) is 83.7 cm³/mol. The minimum atomic E-state index is 0.0325. The zero-order valence-corrected chi connectivity index (χ0v) is 12.7. The number of aryl methyl sites for hydroxylation is 1. The maximum Gasteiger partial charge on any atom is 0.251 e. The summed E-state index contributed by atoms with van der Waals surface area (Å²) >= 11 is 0. The molecule has 2 atom stereocenters. The Morgan fingerprint density at radius 1 is 1.48 bits per heavy atom. The fourth-order valence-corrected chi connectivity index (χ4v) is 3.32. The highest BCUT2D eigenvalue weighted by Crippen LogP contribution is 2.24. The molecule has 1 aromatic carbocycles. The van der Waals surface area contributed by atoms with Gasteiger partial charge >= 0.3 is 0 Å².